The Kier molecular flexibility index (Phi) is 4.15. The molecule has 0 bridgehead atoms. The lowest BCUT2D eigenvalue weighted by Gasteiger charge is -2.32. The molecule has 7 heteroatoms. The quantitative estimate of drug-likeness (QED) is 0.858. The normalized spacial score (nSPS) is 18.7. The van der Waals surface area contributed by atoms with Crippen LogP contribution in [0.15, 0.2) is 30.9 Å². The Morgan fingerprint density at radius 1 is 1.36 bits per heavy atom. The molecule has 1 fully saturated rings. The second-order valence-corrected chi connectivity index (χ2v) is 5.50. The monoisotopic (exact) mass is 301 g/mol. The highest BCUT2D eigenvalue weighted by molar-refractivity contribution is 5.92. The van der Waals surface area contributed by atoms with Crippen LogP contribution in [0.4, 0.5) is 0 Å². The Balaban J connectivity index is 1.77. The molecule has 3 rings (SSSR count). The van der Waals surface area contributed by atoms with Gasteiger partial charge in [0.2, 0.25) is 0 Å². The molecule has 116 valence electrons. The van der Waals surface area contributed by atoms with Crippen molar-refractivity contribution in [2.24, 2.45) is 0 Å². The van der Waals surface area contributed by atoms with Crippen LogP contribution in [-0.4, -0.2) is 50.3 Å². The highest BCUT2D eigenvalue weighted by atomic mass is 16.5. The van der Waals surface area contributed by atoms with Crippen molar-refractivity contribution in [1.82, 2.24) is 24.6 Å². The van der Waals surface area contributed by atoms with Gasteiger partial charge in [-0.15, -0.1) is 0 Å². The predicted molar refractivity (Wildman–Crippen MR) is 79.2 cm³/mol. The lowest BCUT2D eigenvalue weighted by molar-refractivity contribution is -0.0253. The summed E-state index contributed by atoms with van der Waals surface area (Å²) in [6, 6.07) is 1.90. The van der Waals surface area contributed by atoms with Gasteiger partial charge in [0.05, 0.1) is 25.0 Å². The molecule has 0 radical (unpaired) electrons. The molecule has 3 heterocycles. The first-order valence-electron chi connectivity index (χ1n) is 7.37. The fourth-order valence-electron chi connectivity index (χ4n) is 2.55. The summed E-state index contributed by atoms with van der Waals surface area (Å²) in [6.45, 7) is 5.54. The zero-order valence-electron chi connectivity index (χ0n) is 12.7. The Labute approximate surface area is 128 Å². The molecule has 7 nitrogen and oxygen atoms in total. The van der Waals surface area contributed by atoms with Gasteiger partial charge < -0.3 is 9.64 Å². The van der Waals surface area contributed by atoms with Crippen molar-refractivity contribution in [2.45, 2.75) is 26.0 Å². The SMILES string of the molecule is CC(C)n1nccc1C(=O)N1CCO[C@H](c2cnccn2)C1. The number of carbonyl (C=O) groups is 1. The Morgan fingerprint density at radius 2 is 2.23 bits per heavy atom. The number of hydrogen-bond acceptors (Lipinski definition) is 5. The summed E-state index contributed by atoms with van der Waals surface area (Å²) in [4.78, 5) is 22.8. The van der Waals surface area contributed by atoms with E-state index in [1.165, 1.54) is 0 Å². The number of aromatic nitrogens is 4. The maximum atomic E-state index is 12.7. The van der Waals surface area contributed by atoms with Crippen LogP contribution in [0.5, 0.6) is 0 Å². The standard InChI is InChI=1S/C15H19N5O2/c1-11(2)20-13(3-4-18-20)15(21)19-7-8-22-14(10-19)12-9-16-5-6-17-12/h3-6,9,11,14H,7-8,10H2,1-2H3/t14-/m0/s1. The van der Waals surface area contributed by atoms with Crippen LogP contribution in [0, 0.1) is 0 Å². The number of hydrogen-bond donors (Lipinski definition) is 0. The van der Waals surface area contributed by atoms with Gasteiger partial charge in [-0.2, -0.15) is 5.10 Å². The second kappa shape index (κ2) is 6.23. The van der Waals surface area contributed by atoms with Crippen LogP contribution in [0.3, 0.4) is 0 Å². The zero-order valence-corrected chi connectivity index (χ0v) is 12.7. The average Bonchev–Trinajstić information content (AvgIpc) is 3.05. The first kappa shape index (κ1) is 14.6. The third-order valence-electron chi connectivity index (χ3n) is 3.65. The largest absolute Gasteiger partial charge is 0.368 e. The number of morpholine rings is 1. The van der Waals surface area contributed by atoms with E-state index in [1.807, 2.05) is 13.8 Å². The van der Waals surface area contributed by atoms with Gasteiger partial charge in [0.1, 0.15) is 11.8 Å². The van der Waals surface area contributed by atoms with Crippen molar-refractivity contribution in [2.75, 3.05) is 19.7 Å². The molecule has 1 amide bonds. The summed E-state index contributed by atoms with van der Waals surface area (Å²) in [5, 5.41) is 4.22. The van der Waals surface area contributed by atoms with E-state index in [-0.39, 0.29) is 18.1 Å². The minimum Gasteiger partial charge on any atom is -0.368 e. The van der Waals surface area contributed by atoms with Gasteiger partial charge >= 0.3 is 0 Å². The van der Waals surface area contributed by atoms with Gasteiger partial charge in [0.15, 0.2) is 0 Å². The molecule has 2 aromatic rings. The molecule has 2 aromatic heterocycles. The Bertz CT molecular complexity index is 640. The molecule has 1 saturated heterocycles. The van der Waals surface area contributed by atoms with E-state index in [4.69, 9.17) is 4.74 Å². The minimum absolute atomic E-state index is 0.0246. The van der Waals surface area contributed by atoms with Crippen LogP contribution in [0.2, 0.25) is 0 Å². The highest BCUT2D eigenvalue weighted by Crippen LogP contribution is 2.21. The molecule has 1 aliphatic heterocycles. The Morgan fingerprint density at radius 3 is 2.95 bits per heavy atom. The van der Waals surface area contributed by atoms with E-state index in [2.05, 4.69) is 15.1 Å². The fourth-order valence-corrected chi connectivity index (χ4v) is 2.55. The third kappa shape index (κ3) is 2.85. The smallest absolute Gasteiger partial charge is 0.272 e. The third-order valence-corrected chi connectivity index (χ3v) is 3.65. The van der Waals surface area contributed by atoms with E-state index in [0.29, 0.717) is 25.4 Å². The molecule has 0 unspecified atom stereocenters. The number of rotatable bonds is 3. The van der Waals surface area contributed by atoms with Crippen LogP contribution in [0.1, 0.15) is 42.2 Å². The minimum atomic E-state index is -0.234. The summed E-state index contributed by atoms with van der Waals surface area (Å²) >= 11 is 0. The molecular formula is C15H19N5O2. The van der Waals surface area contributed by atoms with Gasteiger partial charge in [-0.3, -0.25) is 19.4 Å². The maximum Gasteiger partial charge on any atom is 0.272 e. The predicted octanol–water partition coefficient (Wildman–Crippen LogP) is 1.47. The van der Waals surface area contributed by atoms with E-state index in [9.17, 15) is 4.79 Å². The van der Waals surface area contributed by atoms with E-state index in [0.717, 1.165) is 5.69 Å². The van der Waals surface area contributed by atoms with Crippen molar-refractivity contribution in [3.63, 3.8) is 0 Å². The Hall–Kier alpha value is -2.28. The summed E-state index contributed by atoms with van der Waals surface area (Å²) in [6.07, 6.45) is 6.36. The van der Waals surface area contributed by atoms with Crippen LogP contribution in [-0.2, 0) is 4.74 Å². The van der Waals surface area contributed by atoms with E-state index >= 15 is 0 Å². The number of amides is 1. The number of nitrogens with zero attached hydrogens (tertiary/aromatic N) is 5. The summed E-state index contributed by atoms with van der Waals surface area (Å²) in [5.41, 5.74) is 1.35. The zero-order chi connectivity index (χ0) is 15.5. The van der Waals surface area contributed by atoms with E-state index in [1.54, 1.807) is 40.4 Å². The van der Waals surface area contributed by atoms with Gasteiger partial charge in [0.25, 0.3) is 5.91 Å². The molecule has 0 saturated carbocycles. The molecule has 0 spiro atoms. The number of carbonyl (C=O) groups excluding carboxylic acids is 1. The molecular weight excluding hydrogens is 282 g/mol. The van der Waals surface area contributed by atoms with E-state index < -0.39 is 0 Å². The van der Waals surface area contributed by atoms with Crippen LogP contribution >= 0.6 is 0 Å². The first-order chi connectivity index (χ1) is 10.7. The van der Waals surface area contributed by atoms with Crippen molar-refractivity contribution < 1.29 is 9.53 Å². The lowest BCUT2D eigenvalue weighted by Crippen LogP contribution is -2.43. The second-order valence-electron chi connectivity index (χ2n) is 5.50. The van der Waals surface area contributed by atoms with Crippen molar-refractivity contribution >= 4 is 5.91 Å². The molecule has 0 aromatic carbocycles. The molecule has 22 heavy (non-hydrogen) atoms. The lowest BCUT2D eigenvalue weighted by atomic mass is 10.2. The number of ether oxygens (including phenoxy) is 1. The maximum absolute atomic E-state index is 12.7. The molecule has 1 aliphatic rings. The van der Waals surface area contributed by atoms with Crippen LogP contribution < -0.4 is 0 Å². The fraction of sp³-hybridized carbons (Fsp3) is 0.467. The summed E-state index contributed by atoms with van der Waals surface area (Å²) < 4.78 is 7.47. The van der Waals surface area contributed by atoms with Crippen molar-refractivity contribution in [3.05, 3.63) is 42.2 Å². The van der Waals surface area contributed by atoms with Gasteiger partial charge in [-0.25, -0.2) is 0 Å². The van der Waals surface area contributed by atoms with Gasteiger partial charge in [-0.05, 0) is 19.9 Å². The van der Waals surface area contributed by atoms with Gasteiger partial charge in [-0.1, -0.05) is 0 Å². The first-order valence-corrected chi connectivity index (χ1v) is 7.37. The summed E-state index contributed by atoms with van der Waals surface area (Å²) in [7, 11) is 0. The topological polar surface area (TPSA) is 73.1 Å². The van der Waals surface area contributed by atoms with Gasteiger partial charge in [0, 0.05) is 31.2 Å². The molecule has 0 N–H and O–H groups in total. The van der Waals surface area contributed by atoms with Crippen LogP contribution in [0.25, 0.3) is 0 Å². The molecule has 0 aliphatic carbocycles. The van der Waals surface area contributed by atoms with Crippen molar-refractivity contribution in [3.8, 4) is 0 Å². The average molecular weight is 301 g/mol. The molecule has 1 atom stereocenters. The highest BCUT2D eigenvalue weighted by Gasteiger charge is 2.28. The van der Waals surface area contributed by atoms with Crippen molar-refractivity contribution in [1.29, 1.82) is 0 Å². The summed E-state index contributed by atoms with van der Waals surface area (Å²) in [5.74, 6) is -0.0246.